The van der Waals surface area contributed by atoms with Gasteiger partial charge in [-0.15, -0.1) is 0 Å². The Morgan fingerprint density at radius 3 is 2.67 bits per heavy atom. The molecule has 2 fully saturated rings. The van der Waals surface area contributed by atoms with Crippen molar-refractivity contribution < 1.29 is 4.79 Å². The van der Waals surface area contributed by atoms with Crippen molar-refractivity contribution in [2.45, 2.75) is 44.6 Å². The number of piperidine rings is 2. The van der Waals surface area contributed by atoms with Crippen molar-refractivity contribution >= 4 is 5.91 Å². The van der Waals surface area contributed by atoms with Crippen LogP contribution in [0.25, 0.3) is 0 Å². The van der Waals surface area contributed by atoms with E-state index >= 15 is 0 Å². The van der Waals surface area contributed by atoms with Crippen molar-refractivity contribution in [3.63, 3.8) is 0 Å². The number of amides is 1. The topological polar surface area (TPSA) is 50.2 Å². The highest BCUT2D eigenvalue weighted by atomic mass is 16.2. The first-order valence-corrected chi connectivity index (χ1v) is 10.3. The maximum absolute atomic E-state index is 12.7. The number of likely N-dealkylation sites (tertiary alicyclic amines) is 1. The zero-order chi connectivity index (χ0) is 18.5. The summed E-state index contributed by atoms with van der Waals surface area (Å²) in [7, 11) is 0. The van der Waals surface area contributed by atoms with Gasteiger partial charge in [-0.05, 0) is 56.2 Å². The van der Waals surface area contributed by atoms with E-state index in [1.165, 1.54) is 18.4 Å². The first kappa shape index (κ1) is 18.2. The summed E-state index contributed by atoms with van der Waals surface area (Å²) in [6.45, 7) is 4.22. The molecule has 4 rings (SSSR count). The van der Waals surface area contributed by atoms with Crippen LogP contribution in [0.1, 0.15) is 42.9 Å². The first-order valence-electron chi connectivity index (χ1n) is 10.3. The van der Waals surface area contributed by atoms with Crippen LogP contribution in [0, 0.1) is 5.92 Å². The van der Waals surface area contributed by atoms with E-state index in [2.05, 4.69) is 46.8 Å². The Bertz CT molecular complexity index is 728. The van der Waals surface area contributed by atoms with Crippen LogP contribution in [0.2, 0.25) is 0 Å². The number of nitrogens with zero attached hydrogens (tertiary/aromatic N) is 3. The summed E-state index contributed by atoms with van der Waals surface area (Å²) >= 11 is 0. The Morgan fingerprint density at radius 1 is 1.11 bits per heavy atom. The van der Waals surface area contributed by atoms with E-state index in [0.717, 1.165) is 51.1 Å². The lowest BCUT2D eigenvalue weighted by Crippen LogP contribution is -2.40. The fourth-order valence-corrected chi connectivity index (χ4v) is 4.36. The van der Waals surface area contributed by atoms with Crippen molar-refractivity contribution in [2.24, 2.45) is 5.92 Å². The minimum atomic E-state index is 0.199. The van der Waals surface area contributed by atoms with Gasteiger partial charge in [-0.3, -0.25) is 9.48 Å². The van der Waals surface area contributed by atoms with Gasteiger partial charge in [0.25, 0.3) is 0 Å². The molecule has 1 aromatic heterocycles. The number of nitrogens with one attached hydrogen (secondary N) is 1. The highest BCUT2D eigenvalue weighted by molar-refractivity contribution is 5.76. The van der Waals surface area contributed by atoms with Crippen LogP contribution < -0.4 is 5.32 Å². The van der Waals surface area contributed by atoms with Gasteiger partial charge in [0.2, 0.25) is 5.91 Å². The molecule has 0 spiro atoms. The molecule has 2 aliphatic rings. The van der Waals surface area contributed by atoms with Gasteiger partial charge in [0.05, 0.1) is 5.69 Å². The maximum atomic E-state index is 12.7. The number of carbonyl (C=O) groups is 1. The van der Waals surface area contributed by atoms with E-state index in [4.69, 9.17) is 0 Å². The minimum Gasteiger partial charge on any atom is -0.341 e. The van der Waals surface area contributed by atoms with E-state index in [1.807, 2.05) is 15.8 Å². The molecule has 2 aliphatic heterocycles. The van der Waals surface area contributed by atoms with Gasteiger partial charge in [-0.2, -0.15) is 5.10 Å². The molecule has 1 unspecified atom stereocenters. The van der Waals surface area contributed by atoms with Crippen molar-refractivity contribution in [2.75, 3.05) is 26.2 Å². The molecule has 27 heavy (non-hydrogen) atoms. The SMILES string of the molecule is O=C(Cn1ccc(C2CCCNC2)n1)N1CCC(Cc2ccccc2)CC1. The van der Waals surface area contributed by atoms with Crippen LogP contribution >= 0.6 is 0 Å². The molecular formula is C22H30N4O. The number of benzene rings is 1. The largest absolute Gasteiger partial charge is 0.341 e. The first-order chi connectivity index (χ1) is 13.3. The summed E-state index contributed by atoms with van der Waals surface area (Å²) in [5, 5.41) is 8.10. The molecule has 5 heteroatoms. The normalized spacial score (nSPS) is 21.3. The highest BCUT2D eigenvalue weighted by Crippen LogP contribution is 2.23. The van der Waals surface area contributed by atoms with Crippen LogP contribution in [-0.2, 0) is 17.8 Å². The number of hydrogen-bond acceptors (Lipinski definition) is 3. The molecule has 1 aromatic carbocycles. The van der Waals surface area contributed by atoms with Crippen molar-refractivity contribution in [3.8, 4) is 0 Å². The molecule has 2 saturated heterocycles. The number of carbonyl (C=O) groups excluding carboxylic acids is 1. The second-order valence-corrected chi connectivity index (χ2v) is 8.00. The van der Waals surface area contributed by atoms with Gasteiger partial charge in [-0.1, -0.05) is 30.3 Å². The fourth-order valence-electron chi connectivity index (χ4n) is 4.36. The van der Waals surface area contributed by atoms with E-state index in [9.17, 15) is 4.79 Å². The summed E-state index contributed by atoms with van der Waals surface area (Å²) in [4.78, 5) is 14.7. The average molecular weight is 367 g/mol. The summed E-state index contributed by atoms with van der Waals surface area (Å²) in [6.07, 6.45) is 7.67. The predicted octanol–water partition coefficient (Wildman–Crippen LogP) is 2.83. The van der Waals surface area contributed by atoms with E-state index in [1.54, 1.807) is 0 Å². The smallest absolute Gasteiger partial charge is 0.244 e. The summed E-state index contributed by atoms with van der Waals surface area (Å²) in [5.41, 5.74) is 2.53. The Kier molecular flexibility index (Phi) is 5.87. The lowest BCUT2D eigenvalue weighted by atomic mass is 9.90. The quantitative estimate of drug-likeness (QED) is 0.885. The van der Waals surface area contributed by atoms with Gasteiger partial charge in [0, 0.05) is 31.7 Å². The molecule has 1 amide bonds. The zero-order valence-corrected chi connectivity index (χ0v) is 16.0. The van der Waals surface area contributed by atoms with Crippen molar-refractivity contribution in [1.82, 2.24) is 20.0 Å². The lowest BCUT2D eigenvalue weighted by molar-refractivity contribution is -0.133. The number of hydrogen-bond donors (Lipinski definition) is 1. The molecule has 0 saturated carbocycles. The molecule has 144 valence electrons. The van der Waals surface area contributed by atoms with Gasteiger partial charge in [0.15, 0.2) is 0 Å². The Balaban J connectivity index is 1.25. The van der Waals surface area contributed by atoms with Crippen LogP contribution in [-0.4, -0.2) is 46.8 Å². The molecule has 2 aromatic rings. The maximum Gasteiger partial charge on any atom is 0.244 e. The van der Waals surface area contributed by atoms with E-state index in [0.29, 0.717) is 18.4 Å². The third-order valence-corrected chi connectivity index (χ3v) is 6.01. The number of rotatable bonds is 5. The van der Waals surface area contributed by atoms with Gasteiger partial charge in [0.1, 0.15) is 6.54 Å². The molecule has 0 aliphatic carbocycles. The molecule has 0 bridgehead atoms. The second kappa shape index (κ2) is 8.70. The third kappa shape index (κ3) is 4.78. The lowest BCUT2D eigenvalue weighted by Gasteiger charge is -2.32. The molecule has 1 N–H and O–H groups in total. The summed E-state index contributed by atoms with van der Waals surface area (Å²) < 4.78 is 1.82. The van der Waals surface area contributed by atoms with Crippen LogP contribution in [0.5, 0.6) is 0 Å². The minimum absolute atomic E-state index is 0.199. The Hall–Kier alpha value is -2.14. The Labute approximate surface area is 161 Å². The predicted molar refractivity (Wildman–Crippen MR) is 107 cm³/mol. The van der Waals surface area contributed by atoms with Crippen LogP contribution in [0.4, 0.5) is 0 Å². The van der Waals surface area contributed by atoms with Gasteiger partial charge in [-0.25, -0.2) is 0 Å². The summed E-state index contributed by atoms with van der Waals surface area (Å²) in [6, 6.07) is 12.8. The standard InChI is InChI=1S/C22H30N4O/c27-22(17-26-14-10-21(24-26)20-7-4-11-23-16-20)25-12-8-19(9-13-25)15-18-5-2-1-3-6-18/h1-3,5-6,10,14,19-20,23H,4,7-9,11-13,15-17H2. The van der Waals surface area contributed by atoms with Gasteiger partial charge >= 0.3 is 0 Å². The molecular weight excluding hydrogens is 336 g/mol. The average Bonchev–Trinajstić information content (AvgIpc) is 3.18. The monoisotopic (exact) mass is 366 g/mol. The Morgan fingerprint density at radius 2 is 1.93 bits per heavy atom. The molecule has 1 atom stereocenters. The highest BCUT2D eigenvalue weighted by Gasteiger charge is 2.24. The van der Waals surface area contributed by atoms with Gasteiger partial charge < -0.3 is 10.2 Å². The molecule has 5 nitrogen and oxygen atoms in total. The number of aromatic nitrogens is 2. The van der Waals surface area contributed by atoms with E-state index in [-0.39, 0.29) is 5.91 Å². The van der Waals surface area contributed by atoms with Crippen LogP contribution in [0.3, 0.4) is 0 Å². The van der Waals surface area contributed by atoms with Crippen LogP contribution in [0.15, 0.2) is 42.6 Å². The van der Waals surface area contributed by atoms with Crippen molar-refractivity contribution in [3.05, 3.63) is 53.9 Å². The molecule has 0 radical (unpaired) electrons. The molecule has 3 heterocycles. The third-order valence-electron chi connectivity index (χ3n) is 6.01. The zero-order valence-electron chi connectivity index (χ0n) is 16.0. The van der Waals surface area contributed by atoms with E-state index < -0.39 is 0 Å². The van der Waals surface area contributed by atoms with Crippen molar-refractivity contribution in [1.29, 1.82) is 0 Å². The summed E-state index contributed by atoms with van der Waals surface area (Å²) in [5.74, 6) is 1.37. The fraction of sp³-hybridized carbons (Fsp3) is 0.545. The second-order valence-electron chi connectivity index (χ2n) is 8.00.